The third-order valence-corrected chi connectivity index (χ3v) is 1.59. The maximum absolute atomic E-state index is 10.3. The highest BCUT2D eigenvalue weighted by molar-refractivity contribution is 5.82. The van der Waals surface area contributed by atoms with Crippen LogP contribution in [0.25, 0.3) is 0 Å². The van der Waals surface area contributed by atoms with E-state index in [0.29, 0.717) is 11.3 Å². The van der Waals surface area contributed by atoms with Crippen LogP contribution in [-0.2, 0) is 0 Å². The molecular formula is C9H11N3O3. The smallest absolute Gasteiger partial charge is 0.332 e. The Hall–Kier alpha value is -2.24. The van der Waals surface area contributed by atoms with Gasteiger partial charge in [-0.3, -0.25) is 0 Å². The molecule has 6 heteroatoms. The molecule has 1 aromatic carbocycles. The predicted molar refractivity (Wildman–Crippen MR) is 55.0 cm³/mol. The fraction of sp³-hybridized carbons (Fsp3) is 0.111. The minimum absolute atomic E-state index is 0.0394. The molecule has 0 atom stereocenters. The number of ether oxygens (including phenoxy) is 1. The third-order valence-electron chi connectivity index (χ3n) is 1.59. The van der Waals surface area contributed by atoms with E-state index in [1.807, 2.05) is 0 Å². The summed E-state index contributed by atoms with van der Waals surface area (Å²) in [6.07, 6.45) is 1.38. The van der Waals surface area contributed by atoms with E-state index in [4.69, 9.17) is 10.5 Å². The van der Waals surface area contributed by atoms with Crippen molar-refractivity contribution in [3.05, 3.63) is 23.8 Å². The molecule has 0 bridgehead atoms. The highest BCUT2D eigenvalue weighted by Gasteiger charge is 2.00. The maximum atomic E-state index is 10.3. The van der Waals surface area contributed by atoms with Gasteiger partial charge in [0.05, 0.1) is 13.3 Å². The van der Waals surface area contributed by atoms with E-state index >= 15 is 0 Å². The van der Waals surface area contributed by atoms with Crippen LogP contribution >= 0.6 is 0 Å². The summed E-state index contributed by atoms with van der Waals surface area (Å²) in [7, 11) is 1.44. The van der Waals surface area contributed by atoms with Crippen LogP contribution in [0.5, 0.6) is 11.5 Å². The van der Waals surface area contributed by atoms with E-state index in [1.54, 1.807) is 12.1 Å². The molecular weight excluding hydrogens is 198 g/mol. The molecule has 0 aromatic heterocycles. The summed E-state index contributed by atoms with van der Waals surface area (Å²) in [5.41, 5.74) is 7.52. The SMILES string of the molecule is COc1cc(/C=N/NC(N)=O)ccc1O. The summed E-state index contributed by atoms with van der Waals surface area (Å²) in [6, 6.07) is 3.91. The Morgan fingerprint density at radius 2 is 2.40 bits per heavy atom. The second-order valence-corrected chi connectivity index (χ2v) is 2.67. The van der Waals surface area contributed by atoms with Crippen molar-refractivity contribution in [1.29, 1.82) is 0 Å². The van der Waals surface area contributed by atoms with E-state index in [0.717, 1.165) is 0 Å². The number of urea groups is 1. The highest BCUT2D eigenvalue weighted by atomic mass is 16.5. The standard InChI is InChI=1S/C9H11N3O3/c1-15-8-4-6(2-3-7(8)13)5-11-12-9(10)14/h2-5,13H,1H3,(H3,10,12,14)/b11-5+. The minimum Gasteiger partial charge on any atom is -0.504 e. The number of amides is 2. The van der Waals surface area contributed by atoms with Gasteiger partial charge < -0.3 is 15.6 Å². The van der Waals surface area contributed by atoms with Gasteiger partial charge in [-0.15, -0.1) is 0 Å². The second-order valence-electron chi connectivity index (χ2n) is 2.67. The third kappa shape index (κ3) is 3.18. The van der Waals surface area contributed by atoms with Gasteiger partial charge in [-0.05, 0) is 23.8 Å². The molecule has 0 heterocycles. The number of aromatic hydroxyl groups is 1. The molecule has 0 aliphatic rings. The molecule has 80 valence electrons. The molecule has 6 nitrogen and oxygen atoms in total. The second kappa shape index (κ2) is 4.85. The van der Waals surface area contributed by atoms with Crippen molar-refractivity contribution in [2.75, 3.05) is 7.11 Å². The number of carbonyl (C=O) groups is 1. The van der Waals surface area contributed by atoms with Gasteiger partial charge in [0.25, 0.3) is 0 Å². The molecule has 4 N–H and O–H groups in total. The fourth-order valence-electron chi connectivity index (χ4n) is 0.945. The van der Waals surface area contributed by atoms with Crippen molar-refractivity contribution in [3.8, 4) is 11.5 Å². The first-order chi connectivity index (χ1) is 7.13. The van der Waals surface area contributed by atoms with E-state index in [1.165, 1.54) is 19.4 Å². The first-order valence-electron chi connectivity index (χ1n) is 4.09. The molecule has 15 heavy (non-hydrogen) atoms. The first-order valence-corrected chi connectivity index (χ1v) is 4.09. The lowest BCUT2D eigenvalue weighted by molar-refractivity contribution is 0.249. The number of hydrogen-bond donors (Lipinski definition) is 3. The number of methoxy groups -OCH3 is 1. The molecule has 0 saturated heterocycles. The van der Waals surface area contributed by atoms with Crippen LogP contribution in [0.2, 0.25) is 0 Å². The van der Waals surface area contributed by atoms with Gasteiger partial charge in [0, 0.05) is 0 Å². The highest BCUT2D eigenvalue weighted by Crippen LogP contribution is 2.25. The van der Waals surface area contributed by atoms with E-state index in [2.05, 4.69) is 10.5 Å². The number of phenolic OH excluding ortho intramolecular Hbond substituents is 1. The van der Waals surface area contributed by atoms with E-state index in [9.17, 15) is 9.90 Å². The number of nitrogens with zero attached hydrogens (tertiary/aromatic N) is 1. The molecule has 2 amide bonds. The molecule has 1 aromatic rings. The van der Waals surface area contributed by atoms with Gasteiger partial charge in [-0.25, -0.2) is 10.2 Å². The number of nitrogens with two attached hydrogens (primary N) is 1. The lowest BCUT2D eigenvalue weighted by atomic mass is 10.2. The average molecular weight is 209 g/mol. The number of hydrazone groups is 1. The number of phenols is 1. The number of rotatable bonds is 3. The fourth-order valence-corrected chi connectivity index (χ4v) is 0.945. The summed E-state index contributed by atoms with van der Waals surface area (Å²) in [5.74, 6) is 0.371. The normalized spacial score (nSPS) is 10.2. The average Bonchev–Trinajstić information content (AvgIpc) is 2.20. The Morgan fingerprint density at radius 1 is 1.67 bits per heavy atom. The number of nitrogens with one attached hydrogen (secondary N) is 1. The van der Waals surface area contributed by atoms with Gasteiger partial charge in [0.1, 0.15) is 0 Å². The topological polar surface area (TPSA) is 96.9 Å². The summed E-state index contributed by atoms with van der Waals surface area (Å²) in [6.45, 7) is 0. The zero-order valence-electron chi connectivity index (χ0n) is 8.10. The summed E-state index contributed by atoms with van der Waals surface area (Å²) in [4.78, 5) is 10.3. The molecule has 0 aliphatic carbocycles. The van der Waals surface area contributed by atoms with E-state index in [-0.39, 0.29) is 5.75 Å². The van der Waals surface area contributed by atoms with Crippen molar-refractivity contribution in [2.45, 2.75) is 0 Å². The Labute approximate surface area is 86.4 Å². The monoisotopic (exact) mass is 209 g/mol. The lowest BCUT2D eigenvalue weighted by Gasteiger charge is -2.03. The Balaban J connectivity index is 2.78. The number of carbonyl (C=O) groups excluding carboxylic acids is 1. The lowest BCUT2D eigenvalue weighted by Crippen LogP contribution is -2.24. The van der Waals surface area contributed by atoms with Crippen LogP contribution in [0.1, 0.15) is 5.56 Å². The first kappa shape index (κ1) is 10.8. The van der Waals surface area contributed by atoms with Crippen LogP contribution in [-0.4, -0.2) is 24.5 Å². The van der Waals surface area contributed by atoms with Crippen molar-refractivity contribution in [1.82, 2.24) is 5.43 Å². The maximum Gasteiger partial charge on any atom is 0.332 e. The van der Waals surface area contributed by atoms with Gasteiger partial charge in [0.2, 0.25) is 0 Å². The summed E-state index contributed by atoms with van der Waals surface area (Å²) in [5, 5.41) is 12.8. The molecule has 1 rings (SSSR count). The van der Waals surface area contributed by atoms with Crippen LogP contribution in [0.15, 0.2) is 23.3 Å². The van der Waals surface area contributed by atoms with Crippen LogP contribution < -0.4 is 15.9 Å². The molecule has 0 unspecified atom stereocenters. The Bertz CT molecular complexity index is 390. The zero-order valence-corrected chi connectivity index (χ0v) is 8.10. The largest absolute Gasteiger partial charge is 0.504 e. The number of hydrogen-bond acceptors (Lipinski definition) is 4. The van der Waals surface area contributed by atoms with Gasteiger partial charge in [-0.1, -0.05) is 0 Å². The van der Waals surface area contributed by atoms with E-state index < -0.39 is 6.03 Å². The quantitative estimate of drug-likeness (QED) is 0.496. The Kier molecular flexibility index (Phi) is 3.50. The molecule has 0 aliphatic heterocycles. The van der Waals surface area contributed by atoms with Crippen molar-refractivity contribution in [2.24, 2.45) is 10.8 Å². The minimum atomic E-state index is -0.739. The predicted octanol–water partition coefficient (Wildman–Crippen LogP) is 0.403. The molecule has 0 fully saturated rings. The van der Waals surface area contributed by atoms with Gasteiger partial charge in [0.15, 0.2) is 11.5 Å². The van der Waals surface area contributed by atoms with Crippen molar-refractivity contribution >= 4 is 12.2 Å². The van der Waals surface area contributed by atoms with Crippen LogP contribution in [0.4, 0.5) is 4.79 Å². The summed E-state index contributed by atoms with van der Waals surface area (Å²) < 4.78 is 4.89. The molecule has 0 radical (unpaired) electrons. The molecule has 0 saturated carbocycles. The van der Waals surface area contributed by atoms with Crippen molar-refractivity contribution in [3.63, 3.8) is 0 Å². The Morgan fingerprint density at radius 3 is 3.00 bits per heavy atom. The van der Waals surface area contributed by atoms with Gasteiger partial charge >= 0.3 is 6.03 Å². The summed E-state index contributed by atoms with van der Waals surface area (Å²) >= 11 is 0. The zero-order chi connectivity index (χ0) is 11.3. The van der Waals surface area contributed by atoms with Crippen LogP contribution in [0.3, 0.4) is 0 Å². The number of primary amides is 1. The van der Waals surface area contributed by atoms with Crippen LogP contribution in [0, 0.1) is 0 Å². The number of benzene rings is 1. The van der Waals surface area contributed by atoms with Gasteiger partial charge in [-0.2, -0.15) is 5.10 Å². The molecule has 0 spiro atoms. The van der Waals surface area contributed by atoms with Crippen molar-refractivity contribution < 1.29 is 14.6 Å².